The molecule has 2 aromatic rings. The summed E-state index contributed by atoms with van der Waals surface area (Å²) in [7, 11) is -1.43. The Bertz CT molecular complexity index is 1160. The maximum absolute atomic E-state index is 13.0. The van der Waals surface area contributed by atoms with E-state index in [0.717, 1.165) is 11.8 Å². The van der Waals surface area contributed by atoms with Gasteiger partial charge < -0.3 is 14.4 Å². The quantitative estimate of drug-likeness (QED) is 0.347. The molecule has 11 heteroatoms. The van der Waals surface area contributed by atoms with Crippen LogP contribution in [-0.4, -0.2) is 53.3 Å². The first-order chi connectivity index (χ1) is 16.5. The zero-order valence-corrected chi connectivity index (χ0v) is 18.8. The minimum atomic E-state index is -2.95. The van der Waals surface area contributed by atoms with Gasteiger partial charge in [-0.3, -0.25) is 14.4 Å². The second kappa shape index (κ2) is 9.57. The molecule has 1 N–H and O–H groups in total. The van der Waals surface area contributed by atoms with Crippen LogP contribution in [0.3, 0.4) is 0 Å². The molecule has 35 heavy (non-hydrogen) atoms. The zero-order chi connectivity index (χ0) is 25.3. The Hall–Kier alpha value is -3.60. The lowest BCUT2D eigenvalue weighted by Gasteiger charge is -2.28. The van der Waals surface area contributed by atoms with E-state index >= 15 is 0 Å². The Labute approximate surface area is 200 Å². The molecule has 0 unspecified atom stereocenters. The van der Waals surface area contributed by atoms with Gasteiger partial charge in [0.15, 0.2) is 6.73 Å². The summed E-state index contributed by atoms with van der Waals surface area (Å²) >= 11 is 0. The van der Waals surface area contributed by atoms with Gasteiger partial charge >= 0.3 is 13.1 Å². The lowest BCUT2D eigenvalue weighted by Crippen LogP contribution is -2.36. The molecule has 0 aliphatic carbocycles. The summed E-state index contributed by atoms with van der Waals surface area (Å²) in [5.41, 5.74) is 0.957. The van der Waals surface area contributed by atoms with Crippen molar-refractivity contribution < 1.29 is 42.4 Å². The van der Waals surface area contributed by atoms with E-state index in [2.05, 4.69) is 0 Å². The van der Waals surface area contributed by atoms with Crippen LogP contribution in [0.4, 0.5) is 8.78 Å². The van der Waals surface area contributed by atoms with Crippen LogP contribution in [0.15, 0.2) is 42.5 Å². The minimum absolute atomic E-state index is 0.0199. The number of alkyl halides is 2. The highest BCUT2D eigenvalue weighted by atomic mass is 19.3. The number of hydrogen-bond donors (Lipinski definition) is 1. The van der Waals surface area contributed by atoms with Crippen molar-refractivity contribution in [3.8, 4) is 5.75 Å². The van der Waals surface area contributed by atoms with Crippen LogP contribution in [0.2, 0.25) is 5.82 Å². The number of esters is 1. The summed E-state index contributed by atoms with van der Waals surface area (Å²) < 4.78 is 36.8. The highest BCUT2D eigenvalue weighted by molar-refractivity contribution is 6.47. The van der Waals surface area contributed by atoms with E-state index in [1.165, 1.54) is 18.2 Å². The Morgan fingerprint density at radius 1 is 1.14 bits per heavy atom. The monoisotopic (exact) mass is 485 g/mol. The number of nitrogens with zero attached hydrogens (tertiary/aromatic N) is 1. The number of amides is 2. The molecule has 2 heterocycles. The molecule has 1 atom stereocenters. The van der Waals surface area contributed by atoms with Gasteiger partial charge in [-0.25, -0.2) is 18.5 Å². The molecular formula is C24H22BF2NO7. The van der Waals surface area contributed by atoms with E-state index in [0.29, 0.717) is 5.56 Å². The molecule has 0 spiro atoms. The van der Waals surface area contributed by atoms with Gasteiger partial charge in [0.05, 0.1) is 11.1 Å². The van der Waals surface area contributed by atoms with Gasteiger partial charge in [-0.1, -0.05) is 24.3 Å². The van der Waals surface area contributed by atoms with Crippen molar-refractivity contribution in [2.75, 3.05) is 6.73 Å². The summed E-state index contributed by atoms with van der Waals surface area (Å²) in [5, 5.41) is 10.4. The summed E-state index contributed by atoms with van der Waals surface area (Å²) in [5.74, 6) is -5.99. The lowest BCUT2D eigenvalue weighted by molar-refractivity contribution is -0.121. The molecule has 182 valence electrons. The number of imide groups is 1. The fraction of sp³-hybridized carbons (Fsp3) is 0.333. The number of ether oxygens (including phenoxy) is 1. The highest BCUT2D eigenvalue weighted by Gasteiger charge is 2.39. The number of halogens is 2. The molecule has 0 saturated heterocycles. The Morgan fingerprint density at radius 2 is 1.80 bits per heavy atom. The first-order valence-electron chi connectivity index (χ1n) is 11.0. The molecule has 8 nitrogen and oxygen atoms in total. The van der Waals surface area contributed by atoms with Gasteiger partial charge in [0.2, 0.25) is 5.92 Å². The van der Waals surface area contributed by atoms with Crippen molar-refractivity contribution in [1.82, 2.24) is 4.90 Å². The number of ketones is 1. The minimum Gasteiger partial charge on any atom is -0.535 e. The largest absolute Gasteiger partial charge is 0.535 e. The molecule has 0 saturated carbocycles. The lowest BCUT2D eigenvalue weighted by atomic mass is 9.64. The Morgan fingerprint density at radius 3 is 2.43 bits per heavy atom. The SMILES string of the molecule is CC(F)(F)CCC(=O)C[C@H]1Cc2cccc(C(=O)OCN3C(=O)c4ccccc4C3=O)c2OB1O. The fourth-order valence-corrected chi connectivity index (χ4v) is 4.13. The summed E-state index contributed by atoms with van der Waals surface area (Å²) in [4.78, 5) is 50.6. The van der Waals surface area contributed by atoms with Gasteiger partial charge in [0.1, 0.15) is 17.1 Å². The number of Topliss-reactive ketones (excluding diaryl/α,β-unsaturated/α-hetero) is 1. The predicted molar refractivity (Wildman–Crippen MR) is 119 cm³/mol. The average Bonchev–Trinajstić information content (AvgIpc) is 3.05. The van der Waals surface area contributed by atoms with Crippen molar-refractivity contribution in [1.29, 1.82) is 0 Å². The third-order valence-corrected chi connectivity index (χ3v) is 5.98. The number of fused-ring (bicyclic) bond motifs is 2. The standard InChI is InChI=1S/C24H22BF2NO7/c1-24(26,27)10-9-16(29)12-15-11-14-5-4-8-19(20(14)35-25(15)33)23(32)34-13-28-21(30)17-6-2-3-7-18(17)22(28)31/h2-8,15,33H,9-13H2,1H3/t15-/m1/s1. The number of benzene rings is 2. The van der Waals surface area contributed by atoms with Crippen molar-refractivity contribution in [2.24, 2.45) is 0 Å². The molecule has 0 fully saturated rings. The fourth-order valence-electron chi connectivity index (χ4n) is 4.13. The third-order valence-electron chi connectivity index (χ3n) is 5.98. The van der Waals surface area contributed by atoms with Crippen LogP contribution in [0, 0.1) is 0 Å². The smallest absolute Gasteiger partial charge is 0.526 e. The zero-order valence-electron chi connectivity index (χ0n) is 18.8. The van der Waals surface area contributed by atoms with Crippen LogP contribution >= 0.6 is 0 Å². The van der Waals surface area contributed by atoms with E-state index in [4.69, 9.17) is 9.39 Å². The molecule has 0 radical (unpaired) electrons. The molecule has 4 rings (SSSR count). The molecule has 2 aliphatic rings. The van der Waals surface area contributed by atoms with Crippen molar-refractivity contribution in [2.45, 2.75) is 44.3 Å². The Kier molecular flexibility index (Phi) is 6.71. The van der Waals surface area contributed by atoms with E-state index < -0.39 is 55.6 Å². The maximum Gasteiger partial charge on any atom is 0.526 e. The van der Waals surface area contributed by atoms with E-state index in [1.807, 2.05) is 0 Å². The molecule has 0 bridgehead atoms. The first kappa shape index (κ1) is 24.5. The van der Waals surface area contributed by atoms with E-state index in [1.54, 1.807) is 24.3 Å². The second-order valence-electron chi connectivity index (χ2n) is 8.72. The molecule has 2 amide bonds. The van der Waals surface area contributed by atoms with Gasteiger partial charge in [-0.2, -0.15) is 0 Å². The van der Waals surface area contributed by atoms with E-state index in [-0.39, 0.29) is 41.7 Å². The van der Waals surface area contributed by atoms with Crippen molar-refractivity contribution >= 4 is 30.7 Å². The number of para-hydroxylation sites is 1. The second-order valence-corrected chi connectivity index (χ2v) is 8.72. The maximum atomic E-state index is 13.0. The summed E-state index contributed by atoms with van der Waals surface area (Å²) in [6.45, 7) is 0.140. The molecule has 0 aromatic heterocycles. The van der Waals surface area contributed by atoms with Crippen molar-refractivity contribution in [3.63, 3.8) is 0 Å². The van der Waals surface area contributed by atoms with Gasteiger partial charge in [-0.15, -0.1) is 0 Å². The first-order valence-corrected chi connectivity index (χ1v) is 11.0. The Balaban J connectivity index is 1.41. The summed E-state index contributed by atoms with van der Waals surface area (Å²) in [6, 6.07) is 10.9. The number of carbonyl (C=O) groups is 4. The summed E-state index contributed by atoms with van der Waals surface area (Å²) in [6.07, 6.45) is -0.853. The van der Waals surface area contributed by atoms with Crippen molar-refractivity contribution in [3.05, 3.63) is 64.7 Å². The number of hydrogen-bond acceptors (Lipinski definition) is 7. The average molecular weight is 485 g/mol. The predicted octanol–water partition coefficient (Wildman–Crippen LogP) is 3.28. The molecule has 2 aliphatic heterocycles. The van der Waals surface area contributed by atoms with Gasteiger partial charge in [0.25, 0.3) is 11.8 Å². The van der Waals surface area contributed by atoms with Crippen LogP contribution in [0.5, 0.6) is 5.75 Å². The van der Waals surface area contributed by atoms with E-state index in [9.17, 15) is 33.0 Å². The highest BCUT2D eigenvalue weighted by Crippen LogP contribution is 2.37. The van der Waals surface area contributed by atoms with Crippen LogP contribution < -0.4 is 4.65 Å². The van der Waals surface area contributed by atoms with Crippen LogP contribution in [0.1, 0.15) is 62.8 Å². The van der Waals surface area contributed by atoms with Gasteiger partial charge in [-0.05, 0) is 37.1 Å². The topological polar surface area (TPSA) is 110 Å². The van der Waals surface area contributed by atoms with Crippen LogP contribution in [-0.2, 0) is 16.0 Å². The number of rotatable bonds is 8. The normalized spacial score (nSPS) is 17.1. The number of carbonyl (C=O) groups excluding carboxylic acids is 4. The van der Waals surface area contributed by atoms with Crippen LogP contribution in [0.25, 0.3) is 0 Å². The van der Waals surface area contributed by atoms with Gasteiger partial charge in [0, 0.05) is 25.1 Å². The molecular weight excluding hydrogens is 463 g/mol. The third kappa shape index (κ3) is 5.24. The molecule has 2 aromatic carbocycles.